The Hall–Kier alpha value is -2.81. The molecule has 0 aromatic heterocycles. The largest absolute Gasteiger partial charge is 0.478 e. The van der Waals surface area contributed by atoms with Crippen LogP contribution in [0.15, 0.2) is 66.2 Å². The van der Waals surface area contributed by atoms with E-state index in [1.54, 1.807) is 0 Å². The lowest BCUT2D eigenvalue weighted by Gasteiger charge is -2.24. The minimum absolute atomic E-state index is 0.279. The summed E-state index contributed by atoms with van der Waals surface area (Å²) in [7, 11) is 0. The molecule has 0 fully saturated rings. The van der Waals surface area contributed by atoms with Gasteiger partial charge in [0.1, 0.15) is 11.5 Å². The van der Waals surface area contributed by atoms with E-state index in [9.17, 15) is 9.90 Å². The Morgan fingerprint density at radius 3 is 2.48 bits per heavy atom. The van der Waals surface area contributed by atoms with E-state index in [0.29, 0.717) is 12.2 Å². The molecule has 0 saturated carbocycles. The summed E-state index contributed by atoms with van der Waals surface area (Å²) >= 11 is 0. The summed E-state index contributed by atoms with van der Waals surface area (Å²) in [4.78, 5) is 11.4. The van der Waals surface area contributed by atoms with Crippen molar-refractivity contribution in [1.82, 2.24) is 0 Å². The van der Waals surface area contributed by atoms with Gasteiger partial charge in [-0.2, -0.15) is 0 Å². The van der Waals surface area contributed by atoms with Gasteiger partial charge in [0.25, 0.3) is 0 Å². The van der Waals surface area contributed by atoms with E-state index in [1.807, 2.05) is 66.7 Å². The molecule has 0 saturated heterocycles. The van der Waals surface area contributed by atoms with Crippen LogP contribution in [0.1, 0.15) is 17.5 Å². The monoisotopic (exact) mass is 278 g/mol. The highest BCUT2D eigenvalue weighted by Crippen LogP contribution is 2.40. The Morgan fingerprint density at radius 2 is 1.76 bits per heavy atom. The number of hydrogen-bond donors (Lipinski definition) is 1. The minimum atomic E-state index is -0.947. The minimum Gasteiger partial charge on any atom is -0.478 e. The number of hydrogen-bond acceptors (Lipinski definition) is 2. The molecule has 0 bridgehead atoms. The molecule has 3 rings (SSSR count). The number of allylic oxidation sites excluding steroid dienone is 1. The predicted molar refractivity (Wildman–Crippen MR) is 81.7 cm³/mol. The molecule has 0 amide bonds. The molecule has 2 aromatic rings. The summed E-state index contributed by atoms with van der Waals surface area (Å²) < 4.78 is 5.48. The van der Waals surface area contributed by atoms with Crippen LogP contribution in [0.25, 0.3) is 11.8 Å². The van der Waals surface area contributed by atoms with Crippen LogP contribution in [0.3, 0.4) is 0 Å². The Bertz CT molecular complexity index is 727. The van der Waals surface area contributed by atoms with Gasteiger partial charge in [0, 0.05) is 6.42 Å². The molecule has 104 valence electrons. The number of benzene rings is 2. The molecule has 0 spiro atoms. The van der Waals surface area contributed by atoms with Crippen molar-refractivity contribution in [3.8, 4) is 5.75 Å². The van der Waals surface area contributed by atoms with Gasteiger partial charge < -0.3 is 9.84 Å². The van der Waals surface area contributed by atoms with Crippen LogP contribution in [0.5, 0.6) is 5.75 Å². The Kier molecular flexibility index (Phi) is 3.56. The first kappa shape index (κ1) is 13.2. The number of carboxylic acids is 1. The second-order valence-corrected chi connectivity index (χ2v) is 4.73. The maximum atomic E-state index is 11.4. The van der Waals surface area contributed by atoms with E-state index >= 15 is 0 Å². The van der Waals surface area contributed by atoms with Gasteiger partial charge in [-0.05, 0) is 17.7 Å². The smallest absolute Gasteiger partial charge is 0.335 e. The van der Waals surface area contributed by atoms with Crippen molar-refractivity contribution >= 4 is 17.8 Å². The first-order valence-electron chi connectivity index (χ1n) is 6.71. The lowest BCUT2D eigenvalue weighted by atomic mass is 10.0. The number of aliphatic carboxylic acids is 1. The zero-order valence-electron chi connectivity index (χ0n) is 11.3. The van der Waals surface area contributed by atoms with Crippen LogP contribution < -0.4 is 4.74 Å². The first-order chi connectivity index (χ1) is 10.3. The molecule has 1 aliphatic rings. The quantitative estimate of drug-likeness (QED) is 0.860. The maximum Gasteiger partial charge on any atom is 0.335 e. The number of rotatable bonds is 4. The fourth-order valence-electron chi connectivity index (χ4n) is 2.24. The molecule has 21 heavy (non-hydrogen) atoms. The van der Waals surface area contributed by atoms with E-state index in [4.69, 9.17) is 4.74 Å². The van der Waals surface area contributed by atoms with Crippen molar-refractivity contribution < 1.29 is 14.6 Å². The molecule has 0 atom stereocenters. The molecule has 1 aliphatic heterocycles. The van der Waals surface area contributed by atoms with E-state index in [1.165, 1.54) is 0 Å². The van der Waals surface area contributed by atoms with Crippen molar-refractivity contribution in [3.05, 3.63) is 77.4 Å². The van der Waals surface area contributed by atoms with Gasteiger partial charge in [0.2, 0.25) is 0 Å². The van der Waals surface area contributed by atoms with Crippen LogP contribution in [0.2, 0.25) is 0 Å². The van der Waals surface area contributed by atoms with E-state index in [-0.39, 0.29) is 5.57 Å². The number of fused-ring (bicyclic) bond motifs is 1. The molecule has 1 N–H and O–H groups in total. The molecule has 0 radical (unpaired) electrons. The Morgan fingerprint density at radius 1 is 1.05 bits per heavy atom. The number of para-hydroxylation sites is 1. The normalized spacial score (nSPS) is 15.0. The summed E-state index contributed by atoms with van der Waals surface area (Å²) in [6.07, 6.45) is 4.08. The lowest BCUT2D eigenvalue weighted by molar-refractivity contribution is -0.132. The predicted octanol–water partition coefficient (Wildman–Crippen LogP) is 3.98. The van der Waals surface area contributed by atoms with Crippen LogP contribution in [0.4, 0.5) is 0 Å². The molecule has 1 heterocycles. The van der Waals surface area contributed by atoms with Gasteiger partial charge in [-0.1, -0.05) is 54.6 Å². The van der Waals surface area contributed by atoms with Gasteiger partial charge in [0.05, 0.1) is 11.1 Å². The van der Waals surface area contributed by atoms with Crippen LogP contribution in [-0.2, 0) is 4.79 Å². The molecule has 3 nitrogen and oxygen atoms in total. The molecule has 2 aromatic carbocycles. The molecule has 0 aliphatic carbocycles. The molecular weight excluding hydrogens is 264 g/mol. The van der Waals surface area contributed by atoms with Gasteiger partial charge in [-0.15, -0.1) is 0 Å². The lowest BCUT2D eigenvalue weighted by Crippen LogP contribution is -2.15. The first-order valence-corrected chi connectivity index (χ1v) is 6.71. The van der Waals surface area contributed by atoms with Gasteiger partial charge >= 0.3 is 5.97 Å². The van der Waals surface area contributed by atoms with Crippen molar-refractivity contribution in [2.24, 2.45) is 0 Å². The van der Waals surface area contributed by atoms with E-state index < -0.39 is 5.97 Å². The maximum absolute atomic E-state index is 11.4. The molecule has 3 heteroatoms. The average molecular weight is 278 g/mol. The summed E-state index contributed by atoms with van der Waals surface area (Å²) in [5.74, 6) is 0.256. The number of carbonyl (C=O) groups is 1. The molecule has 0 unspecified atom stereocenters. The fraction of sp³-hybridized carbons (Fsp3) is 0.0556. The van der Waals surface area contributed by atoms with E-state index in [2.05, 4.69) is 0 Å². The summed E-state index contributed by atoms with van der Waals surface area (Å²) in [6.45, 7) is 0. The van der Waals surface area contributed by atoms with Gasteiger partial charge in [-0.25, -0.2) is 4.79 Å². The number of carboxylic acid groups (broad SMARTS) is 1. The van der Waals surface area contributed by atoms with Crippen molar-refractivity contribution in [3.63, 3.8) is 0 Å². The van der Waals surface area contributed by atoms with E-state index in [0.717, 1.165) is 16.9 Å². The summed E-state index contributed by atoms with van der Waals surface area (Å²) in [5.41, 5.74) is 2.19. The SMILES string of the molecule is O=C(O)C(CC=Cc1ccccc1)=C1Oc2ccccc21. The fourth-order valence-corrected chi connectivity index (χ4v) is 2.24. The standard InChI is InChI=1S/C18H14O3/c19-18(20)15(11-6-9-13-7-2-1-3-8-13)17-14-10-4-5-12-16(14)21-17/h1-10,12H,11H2,(H,19,20). The third kappa shape index (κ3) is 2.72. The third-order valence-electron chi connectivity index (χ3n) is 3.31. The highest BCUT2D eigenvalue weighted by Gasteiger charge is 2.27. The highest BCUT2D eigenvalue weighted by molar-refractivity contribution is 5.98. The summed E-state index contributed by atoms with van der Waals surface area (Å²) in [6, 6.07) is 17.2. The van der Waals surface area contributed by atoms with Gasteiger partial charge in [-0.3, -0.25) is 0 Å². The van der Waals surface area contributed by atoms with Crippen LogP contribution in [-0.4, -0.2) is 11.1 Å². The molecular formula is C18H14O3. The zero-order chi connectivity index (χ0) is 14.7. The van der Waals surface area contributed by atoms with Crippen LogP contribution in [0, 0.1) is 0 Å². The number of ether oxygens (including phenoxy) is 1. The second kappa shape index (κ2) is 5.67. The summed E-state index contributed by atoms with van der Waals surface area (Å²) in [5, 5.41) is 9.36. The zero-order valence-corrected chi connectivity index (χ0v) is 11.3. The van der Waals surface area contributed by atoms with Gasteiger partial charge in [0.15, 0.2) is 0 Å². The van der Waals surface area contributed by atoms with Crippen molar-refractivity contribution in [2.75, 3.05) is 0 Å². The van der Waals surface area contributed by atoms with Crippen molar-refractivity contribution in [1.29, 1.82) is 0 Å². The van der Waals surface area contributed by atoms with Crippen LogP contribution >= 0.6 is 0 Å². The second-order valence-electron chi connectivity index (χ2n) is 4.73. The third-order valence-corrected chi connectivity index (χ3v) is 3.31. The van der Waals surface area contributed by atoms with Crippen molar-refractivity contribution in [2.45, 2.75) is 6.42 Å². The highest BCUT2D eigenvalue weighted by atomic mass is 16.5. The Labute approximate surface area is 122 Å². The topological polar surface area (TPSA) is 46.5 Å². The average Bonchev–Trinajstić information content (AvgIpc) is 2.48. The Balaban J connectivity index is 1.82.